The standard InChI is InChI=1S/C31H19N3/c1-18-10-11-19-13-16-22-23(17-14-20-12-15-21(18)28(19)29(20)22)30-32-25-7-3-2-6-24(25)31-33-26-8-4-5-9-27(26)34(30)31/h2-17H,1H3. The largest absolute Gasteiger partial charge is 0.276 e. The molecule has 3 heteroatoms. The Morgan fingerprint density at radius 3 is 2.12 bits per heavy atom. The minimum Gasteiger partial charge on any atom is -0.276 e. The first kappa shape index (κ1) is 18.0. The molecule has 0 N–H and O–H groups in total. The molecule has 2 heterocycles. The van der Waals surface area contributed by atoms with Crippen molar-refractivity contribution < 1.29 is 0 Å². The summed E-state index contributed by atoms with van der Waals surface area (Å²) in [5.74, 6) is 0.928. The number of fused-ring (bicyclic) bond motifs is 5. The zero-order chi connectivity index (χ0) is 22.4. The summed E-state index contributed by atoms with van der Waals surface area (Å²) in [5, 5.41) is 8.79. The zero-order valence-corrected chi connectivity index (χ0v) is 18.6. The molecule has 34 heavy (non-hydrogen) atoms. The molecule has 0 saturated carbocycles. The van der Waals surface area contributed by atoms with Gasteiger partial charge in [-0.1, -0.05) is 66.7 Å². The van der Waals surface area contributed by atoms with Crippen LogP contribution in [-0.2, 0) is 0 Å². The van der Waals surface area contributed by atoms with Crippen LogP contribution in [0.1, 0.15) is 5.56 Å². The molecule has 0 fully saturated rings. The van der Waals surface area contributed by atoms with Gasteiger partial charge in [-0.3, -0.25) is 4.40 Å². The second-order valence-electron chi connectivity index (χ2n) is 9.13. The Labute approximate surface area is 195 Å². The second kappa shape index (κ2) is 6.30. The van der Waals surface area contributed by atoms with Gasteiger partial charge >= 0.3 is 0 Å². The van der Waals surface area contributed by atoms with Crippen molar-refractivity contribution in [2.45, 2.75) is 6.92 Å². The van der Waals surface area contributed by atoms with Gasteiger partial charge in [0.05, 0.1) is 16.6 Å². The molecule has 158 valence electrons. The number of aromatic nitrogens is 3. The summed E-state index contributed by atoms with van der Waals surface area (Å²) >= 11 is 0. The van der Waals surface area contributed by atoms with Crippen LogP contribution < -0.4 is 0 Å². The van der Waals surface area contributed by atoms with Gasteiger partial charge in [0.25, 0.3) is 0 Å². The number of nitrogens with zero attached hydrogens (tertiary/aromatic N) is 3. The highest BCUT2D eigenvalue weighted by Gasteiger charge is 2.19. The van der Waals surface area contributed by atoms with Crippen molar-refractivity contribution in [2.75, 3.05) is 0 Å². The van der Waals surface area contributed by atoms with Crippen molar-refractivity contribution in [1.29, 1.82) is 0 Å². The summed E-state index contributed by atoms with van der Waals surface area (Å²) in [6, 6.07) is 34.5. The van der Waals surface area contributed by atoms with Gasteiger partial charge in [0.15, 0.2) is 0 Å². The molecule has 0 saturated heterocycles. The number of para-hydroxylation sites is 3. The van der Waals surface area contributed by atoms with Crippen LogP contribution >= 0.6 is 0 Å². The summed E-state index contributed by atoms with van der Waals surface area (Å²) in [6.45, 7) is 2.19. The molecule has 8 aromatic rings. The smallest absolute Gasteiger partial charge is 0.149 e. The molecule has 0 atom stereocenters. The van der Waals surface area contributed by atoms with E-state index in [0.717, 1.165) is 39.0 Å². The Morgan fingerprint density at radius 2 is 1.24 bits per heavy atom. The van der Waals surface area contributed by atoms with E-state index < -0.39 is 0 Å². The molecule has 0 bridgehead atoms. The molecule has 0 aliphatic carbocycles. The Balaban J connectivity index is 1.61. The third-order valence-electron chi connectivity index (χ3n) is 7.27. The van der Waals surface area contributed by atoms with Gasteiger partial charge in [-0.25, -0.2) is 9.97 Å². The van der Waals surface area contributed by atoms with Crippen LogP contribution in [-0.4, -0.2) is 14.4 Å². The Hall–Kier alpha value is -4.50. The Morgan fingerprint density at radius 1 is 0.559 bits per heavy atom. The third-order valence-corrected chi connectivity index (χ3v) is 7.27. The van der Waals surface area contributed by atoms with Crippen molar-refractivity contribution >= 4 is 59.9 Å². The van der Waals surface area contributed by atoms with E-state index in [-0.39, 0.29) is 0 Å². The fourth-order valence-electron chi connectivity index (χ4n) is 5.67. The van der Waals surface area contributed by atoms with E-state index in [0.29, 0.717) is 0 Å². The maximum atomic E-state index is 5.22. The van der Waals surface area contributed by atoms with E-state index in [4.69, 9.17) is 9.97 Å². The number of imidazole rings is 1. The zero-order valence-electron chi connectivity index (χ0n) is 18.6. The highest BCUT2D eigenvalue weighted by Crippen LogP contribution is 2.40. The van der Waals surface area contributed by atoms with Crippen molar-refractivity contribution in [3.05, 3.63) is 103 Å². The van der Waals surface area contributed by atoms with E-state index in [9.17, 15) is 0 Å². The van der Waals surface area contributed by atoms with Crippen LogP contribution in [0.4, 0.5) is 0 Å². The van der Waals surface area contributed by atoms with Crippen molar-refractivity contribution in [2.24, 2.45) is 0 Å². The van der Waals surface area contributed by atoms with Gasteiger partial charge < -0.3 is 0 Å². The van der Waals surface area contributed by atoms with E-state index in [1.165, 1.54) is 37.9 Å². The number of rotatable bonds is 1. The minimum atomic E-state index is 0.928. The van der Waals surface area contributed by atoms with E-state index in [1.54, 1.807) is 0 Å². The molecule has 2 aromatic heterocycles. The first-order valence-electron chi connectivity index (χ1n) is 11.6. The van der Waals surface area contributed by atoms with Crippen LogP contribution in [0.2, 0.25) is 0 Å². The lowest BCUT2D eigenvalue weighted by Crippen LogP contribution is -1.99. The monoisotopic (exact) mass is 433 g/mol. The van der Waals surface area contributed by atoms with E-state index in [2.05, 4.69) is 96.3 Å². The van der Waals surface area contributed by atoms with Crippen molar-refractivity contribution in [3.8, 4) is 11.4 Å². The molecule has 0 aliphatic heterocycles. The number of aryl methyl sites for hydroxylation is 1. The predicted octanol–water partition coefficient (Wildman–Crippen LogP) is 7.91. The topological polar surface area (TPSA) is 30.2 Å². The van der Waals surface area contributed by atoms with Gasteiger partial charge in [-0.15, -0.1) is 0 Å². The predicted molar refractivity (Wildman–Crippen MR) is 142 cm³/mol. The maximum Gasteiger partial charge on any atom is 0.149 e. The lowest BCUT2D eigenvalue weighted by atomic mass is 9.90. The lowest BCUT2D eigenvalue weighted by molar-refractivity contribution is 1.16. The molecule has 0 amide bonds. The van der Waals surface area contributed by atoms with Crippen LogP contribution in [0.25, 0.3) is 71.3 Å². The van der Waals surface area contributed by atoms with Gasteiger partial charge in [0, 0.05) is 10.9 Å². The normalized spacial score (nSPS) is 12.3. The van der Waals surface area contributed by atoms with Crippen molar-refractivity contribution in [3.63, 3.8) is 0 Å². The summed E-state index contributed by atoms with van der Waals surface area (Å²) in [6.07, 6.45) is 0. The molecular formula is C31H19N3. The van der Waals surface area contributed by atoms with Gasteiger partial charge in [0.2, 0.25) is 0 Å². The molecule has 6 aromatic carbocycles. The summed E-state index contributed by atoms with van der Waals surface area (Å²) in [5.41, 5.74) is 6.40. The highest BCUT2D eigenvalue weighted by atomic mass is 15.1. The summed E-state index contributed by atoms with van der Waals surface area (Å²) in [4.78, 5) is 10.2. The maximum absolute atomic E-state index is 5.22. The van der Waals surface area contributed by atoms with Gasteiger partial charge in [-0.05, 0) is 75.1 Å². The first-order chi connectivity index (χ1) is 16.8. The van der Waals surface area contributed by atoms with Crippen LogP contribution in [0, 0.1) is 6.92 Å². The van der Waals surface area contributed by atoms with Gasteiger partial charge in [-0.2, -0.15) is 0 Å². The second-order valence-corrected chi connectivity index (χ2v) is 9.13. The SMILES string of the molecule is Cc1ccc2ccc3c(-c4nc5ccccc5c5nc6ccccc6n45)ccc4ccc1c2c43. The Kier molecular flexibility index (Phi) is 3.33. The van der Waals surface area contributed by atoms with Gasteiger partial charge in [0.1, 0.15) is 11.5 Å². The minimum absolute atomic E-state index is 0.928. The first-order valence-corrected chi connectivity index (χ1v) is 11.6. The van der Waals surface area contributed by atoms with Crippen LogP contribution in [0.3, 0.4) is 0 Å². The van der Waals surface area contributed by atoms with Crippen LogP contribution in [0.5, 0.6) is 0 Å². The molecule has 0 radical (unpaired) electrons. The molecule has 0 spiro atoms. The van der Waals surface area contributed by atoms with E-state index >= 15 is 0 Å². The average molecular weight is 434 g/mol. The number of hydrogen-bond acceptors (Lipinski definition) is 2. The molecule has 8 rings (SSSR count). The number of benzene rings is 6. The lowest BCUT2D eigenvalue weighted by Gasteiger charge is -2.16. The summed E-state index contributed by atoms with van der Waals surface area (Å²) < 4.78 is 2.23. The van der Waals surface area contributed by atoms with Crippen LogP contribution in [0.15, 0.2) is 97.1 Å². The highest BCUT2D eigenvalue weighted by molar-refractivity contribution is 6.26. The fraction of sp³-hybridized carbons (Fsp3) is 0.0323. The molecular weight excluding hydrogens is 414 g/mol. The fourth-order valence-corrected chi connectivity index (χ4v) is 5.67. The molecule has 0 unspecified atom stereocenters. The Bertz CT molecular complexity index is 2080. The molecule has 3 nitrogen and oxygen atoms in total. The quantitative estimate of drug-likeness (QED) is 0.246. The third kappa shape index (κ3) is 2.21. The average Bonchev–Trinajstić information content (AvgIpc) is 3.28. The van der Waals surface area contributed by atoms with Crippen molar-refractivity contribution in [1.82, 2.24) is 14.4 Å². The van der Waals surface area contributed by atoms with E-state index in [1.807, 2.05) is 12.1 Å². The number of hydrogen-bond donors (Lipinski definition) is 0. The molecule has 0 aliphatic rings. The summed E-state index contributed by atoms with van der Waals surface area (Å²) in [7, 11) is 0.